The molecule has 1 atom stereocenters. The van der Waals surface area contributed by atoms with Gasteiger partial charge in [0.05, 0.1) is 30.8 Å². The molecule has 1 fully saturated rings. The lowest BCUT2D eigenvalue weighted by atomic mass is 9.94. The third-order valence-corrected chi connectivity index (χ3v) is 5.67. The van der Waals surface area contributed by atoms with Gasteiger partial charge in [-0.15, -0.1) is 0 Å². The van der Waals surface area contributed by atoms with Crippen molar-refractivity contribution in [3.05, 3.63) is 99.4 Å². The number of nitro benzene ring substituents is 1. The van der Waals surface area contributed by atoms with Crippen LogP contribution in [0.25, 0.3) is 5.76 Å². The second-order valence-electron chi connectivity index (χ2n) is 7.71. The summed E-state index contributed by atoms with van der Waals surface area (Å²) in [5.41, 5.74) is 0.782. The monoisotopic (exact) mass is 475 g/mol. The first-order valence-electron chi connectivity index (χ1n) is 10.5. The molecule has 0 unspecified atom stereocenters. The van der Waals surface area contributed by atoms with Gasteiger partial charge >= 0.3 is 0 Å². The van der Waals surface area contributed by atoms with Gasteiger partial charge in [-0.2, -0.15) is 0 Å². The van der Waals surface area contributed by atoms with Crippen molar-refractivity contribution in [2.24, 2.45) is 0 Å². The summed E-state index contributed by atoms with van der Waals surface area (Å²) in [4.78, 5) is 42.4. The van der Waals surface area contributed by atoms with Crippen molar-refractivity contribution in [1.29, 1.82) is 0 Å². The third-order valence-electron chi connectivity index (χ3n) is 5.67. The lowest BCUT2D eigenvalue weighted by Crippen LogP contribution is -2.29. The number of hydrogen-bond donors (Lipinski definition) is 1. The predicted octanol–water partition coefficient (Wildman–Crippen LogP) is 3.63. The van der Waals surface area contributed by atoms with E-state index in [-0.39, 0.29) is 23.4 Å². The van der Waals surface area contributed by atoms with Crippen LogP contribution in [-0.4, -0.2) is 45.8 Å². The van der Waals surface area contributed by atoms with E-state index in [4.69, 9.17) is 9.47 Å². The lowest BCUT2D eigenvalue weighted by molar-refractivity contribution is -0.384. The minimum Gasteiger partial charge on any atom is -0.507 e. The Morgan fingerprint density at radius 1 is 1.09 bits per heavy atom. The fraction of sp³-hybridized carbons (Fsp3) is 0.160. The number of methoxy groups -OCH3 is 2. The standard InChI is InChI=1S/C25H21N3O7/c1-34-19-9-8-17(12-20(19)35-2)23(29)21-22(16-6-3-7-18(11-16)28(32)33)27(25(31)24(21)30)14-15-5-4-10-26-13-15/h3-13,22,29H,14H2,1-2H3/t22-/m1/s1. The number of aromatic nitrogens is 1. The molecular weight excluding hydrogens is 454 g/mol. The maximum atomic E-state index is 13.2. The molecule has 0 radical (unpaired) electrons. The maximum absolute atomic E-state index is 13.2. The summed E-state index contributed by atoms with van der Waals surface area (Å²) >= 11 is 0. The molecule has 4 rings (SSSR count). The molecule has 0 bridgehead atoms. The second kappa shape index (κ2) is 9.64. The van der Waals surface area contributed by atoms with Crippen molar-refractivity contribution in [2.75, 3.05) is 14.2 Å². The molecular formula is C25H21N3O7. The number of ketones is 1. The van der Waals surface area contributed by atoms with Crippen LogP contribution in [0.15, 0.2) is 72.6 Å². The predicted molar refractivity (Wildman–Crippen MR) is 125 cm³/mol. The smallest absolute Gasteiger partial charge is 0.295 e. The number of aliphatic hydroxyl groups excluding tert-OH is 1. The third kappa shape index (κ3) is 4.41. The zero-order valence-electron chi connectivity index (χ0n) is 18.9. The van der Waals surface area contributed by atoms with Gasteiger partial charge in [-0.25, -0.2) is 0 Å². The topological polar surface area (TPSA) is 132 Å². The van der Waals surface area contributed by atoms with E-state index >= 15 is 0 Å². The lowest BCUT2D eigenvalue weighted by Gasteiger charge is -2.25. The summed E-state index contributed by atoms with van der Waals surface area (Å²) in [7, 11) is 2.89. The molecule has 35 heavy (non-hydrogen) atoms. The first-order chi connectivity index (χ1) is 16.8. The maximum Gasteiger partial charge on any atom is 0.295 e. The minimum absolute atomic E-state index is 0.00842. The molecule has 1 aliphatic rings. The number of aliphatic hydroxyl groups is 1. The molecule has 3 aromatic rings. The summed E-state index contributed by atoms with van der Waals surface area (Å²) in [6, 6.07) is 12.6. The SMILES string of the molecule is COc1ccc(C(O)=C2C(=O)C(=O)N(Cc3cccnc3)[C@@H]2c2cccc([N+](=O)[O-])c2)cc1OC. The Balaban J connectivity index is 1.90. The highest BCUT2D eigenvalue weighted by atomic mass is 16.6. The Morgan fingerprint density at radius 3 is 2.51 bits per heavy atom. The fourth-order valence-electron chi connectivity index (χ4n) is 4.03. The molecule has 10 heteroatoms. The highest BCUT2D eigenvalue weighted by Gasteiger charge is 2.46. The summed E-state index contributed by atoms with van der Waals surface area (Å²) in [5, 5.41) is 22.6. The zero-order valence-corrected chi connectivity index (χ0v) is 18.9. The van der Waals surface area contributed by atoms with E-state index in [0.29, 0.717) is 22.6 Å². The number of pyridine rings is 1. The van der Waals surface area contributed by atoms with Gasteiger partial charge in [-0.1, -0.05) is 18.2 Å². The number of carbonyl (C=O) groups excluding carboxylic acids is 2. The molecule has 0 spiro atoms. The van der Waals surface area contributed by atoms with Crippen LogP contribution < -0.4 is 9.47 Å². The number of benzene rings is 2. The minimum atomic E-state index is -1.07. The van der Waals surface area contributed by atoms with Crippen molar-refractivity contribution >= 4 is 23.1 Å². The summed E-state index contributed by atoms with van der Waals surface area (Å²) in [5.74, 6) is -1.45. The van der Waals surface area contributed by atoms with Crippen LogP contribution in [0, 0.1) is 10.1 Å². The van der Waals surface area contributed by atoms with Gasteiger partial charge < -0.3 is 19.5 Å². The van der Waals surface area contributed by atoms with Crippen LogP contribution in [0.5, 0.6) is 11.5 Å². The normalized spacial score (nSPS) is 16.9. The van der Waals surface area contributed by atoms with E-state index in [0.717, 1.165) is 0 Å². The van der Waals surface area contributed by atoms with Crippen LogP contribution in [0.4, 0.5) is 5.69 Å². The number of likely N-dealkylation sites (tertiary alicyclic amines) is 1. The highest BCUT2D eigenvalue weighted by molar-refractivity contribution is 6.46. The van der Waals surface area contributed by atoms with Gasteiger partial charge in [0.2, 0.25) is 0 Å². The van der Waals surface area contributed by atoms with Crippen LogP contribution in [0.2, 0.25) is 0 Å². The molecule has 178 valence electrons. The van der Waals surface area contributed by atoms with Gasteiger partial charge in [0.1, 0.15) is 5.76 Å². The number of amides is 1. The van der Waals surface area contributed by atoms with E-state index in [1.807, 2.05) is 0 Å². The Morgan fingerprint density at radius 2 is 1.86 bits per heavy atom. The van der Waals surface area contributed by atoms with Gasteiger partial charge in [-0.05, 0) is 35.4 Å². The first-order valence-corrected chi connectivity index (χ1v) is 10.5. The number of ether oxygens (including phenoxy) is 2. The molecule has 0 aliphatic carbocycles. The molecule has 1 aliphatic heterocycles. The van der Waals surface area contributed by atoms with Gasteiger partial charge in [0.15, 0.2) is 11.5 Å². The molecule has 10 nitrogen and oxygen atoms in total. The summed E-state index contributed by atoms with van der Waals surface area (Å²) < 4.78 is 10.5. The van der Waals surface area contributed by atoms with Crippen molar-refractivity contribution < 1.29 is 29.1 Å². The molecule has 2 aromatic carbocycles. The summed E-state index contributed by atoms with van der Waals surface area (Å²) in [6.07, 6.45) is 3.13. The molecule has 1 N–H and O–H groups in total. The van der Waals surface area contributed by atoms with Crippen LogP contribution in [0.3, 0.4) is 0 Å². The Hall–Kier alpha value is -4.73. The van der Waals surface area contributed by atoms with E-state index < -0.39 is 28.4 Å². The van der Waals surface area contributed by atoms with E-state index in [2.05, 4.69) is 4.98 Å². The number of hydrogen-bond acceptors (Lipinski definition) is 8. The molecule has 1 saturated heterocycles. The van der Waals surface area contributed by atoms with Gasteiger partial charge in [0.25, 0.3) is 17.4 Å². The van der Waals surface area contributed by atoms with Crippen molar-refractivity contribution in [3.63, 3.8) is 0 Å². The fourth-order valence-corrected chi connectivity index (χ4v) is 4.03. The number of nitro groups is 1. The molecule has 1 aromatic heterocycles. The van der Waals surface area contributed by atoms with Crippen molar-refractivity contribution in [2.45, 2.75) is 12.6 Å². The number of Topliss-reactive ketones (excluding diaryl/α,β-unsaturated/α-hetero) is 1. The van der Waals surface area contributed by atoms with Gasteiger partial charge in [0, 0.05) is 36.6 Å². The number of rotatable bonds is 7. The summed E-state index contributed by atoms with van der Waals surface area (Å²) in [6.45, 7) is 0.00842. The number of non-ortho nitro benzene ring substituents is 1. The van der Waals surface area contributed by atoms with E-state index in [1.165, 1.54) is 49.5 Å². The van der Waals surface area contributed by atoms with Crippen molar-refractivity contribution in [3.8, 4) is 11.5 Å². The highest BCUT2D eigenvalue weighted by Crippen LogP contribution is 2.42. The van der Waals surface area contributed by atoms with Crippen LogP contribution in [-0.2, 0) is 16.1 Å². The van der Waals surface area contributed by atoms with Crippen LogP contribution >= 0.6 is 0 Å². The Labute approximate surface area is 200 Å². The quantitative estimate of drug-likeness (QED) is 0.180. The van der Waals surface area contributed by atoms with E-state index in [1.54, 1.807) is 36.7 Å². The Bertz CT molecular complexity index is 1340. The molecule has 1 amide bonds. The number of nitrogens with zero attached hydrogens (tertiary/aromatic N) is 3. The van der Waals surface area contributed by atoms with Gasteiger partial charge in [-0.3, -0.25) is 24.7 Å². The average Bonchev–Trinajstić information content (AvgIpc) is 3.13. The number of carbonyl (C=O) groups is 2. The molecule has 0 saturated carbocycles. The second-order valence-corrected chi connectivity index (χ2v) is 7.71. The van der Waals surface area contributed by atoms with Crippen molar-refractivity contribution in [1.82, 2.24) is 9.88 Å². The largest absolute Gasteiger partial charge is 0.507 e. The van der Waals surface area contributed by atoms with Crippen LogP contribution in [0.1, 0.15) is 22.7 Å². The average molecular weight is 475 g/mol. The Kier molecular flexibility index (Phi) is 6.45. The molecule has 2 heterocycles. The van der Waals surface area contributed by atoms with E-state index in [9.17, 15) is 24.8 Å². The zero-order chi connectivity index (χ0) is 25.1. The first kappa shape index (κ1) is 23.4.